The van der Waals surface area contributed by atoms with Crippen molar-refractivity contribution in [1.29, 1.82) is 0 Å². The fourth-order valence-corrected chi connectivity index (χ4v) is 2.88. The van der Waals surface area contributed by atoms with Crippen molar-refractivity contribution in [2.24, 2.45) is 0 Å². The van der Waals surface area contributed by atoms with Crippen LogP contribution < -0.4 is 10.9 Å². The summed E-state index contributed by atoms with van der Waals surface area (Å²) in [7, 11) is 0. The Morgan fingerprint density at radius 2 is 1.84 bits per heavy atom. The first kappa shape index (κ1) is 16.9. The zero-order valence-corrected chi connectivity index (χ0v) is 14.0. The van der Waals surface area contributed by atoms with Gasteiger partial charge in [-0.05, 0) is 36.1 Å². The molecule has 128 valence electrons. The maximum atomic E-state index is 13.6. The van der Waals surface area contributed by atoms with Crippen LogP contribution in [0.4, 0.5) is 4.39 Å². The number of hydrogen-bond donors (Lipinski definition) is 1. The van der Waals surface area contributed by atoms with Gasteiger partial charge in [0, 0.05) is 18.7 Å². The Balaban J connectivity index is 1.69. The minimum atomic E-state index is -0.390. The molecule has 2 aromatic carbocycles. The molecular formula is C20H19FN2O2. The molecule has 25 heavy (non-hydrogen) atoms. The summed E-state index contributed by atoms with van der Waals surface area (Å²) in [5.74, 6) is -0.659. The summed E-state index contributed by atoms with van der Waals surface area (Å²) in [4.78, 5) is 24.4. The normalized spacial score (nSPS) is 10.8. The number of carbonyl (C=O) groups is 1. The molecule has 0 fully saturated rings. The molecule has 0 spiro atoms. The van der Waals surface area contributed by atoms with Crippen molar-refractivity contribution in [3.63, 3.8) is 0 Å². The molecule has 1 heterocycles. The van der Waals surface area contributed by atoms with Gasteiger partial charge in [-0.3, -0.25) is 9.59 Å². The second kappa shape index (κ2) is 7.30. The Bertz CT molecular complexity index is 979. The van der Waals surface area contributed by atoms with Gasteiger partial charge in [-0.2, -0.15) is 0 Å². The Kier molecular flexibility index (Phi) is 4.93. The topological polar surface area (TPSA) is 51.1 Å². The second-order valence-electron chi connectivity index (χ2n) is 5.96. The molecule has 3 aromatic rings. The van der Waals surface area contributed by atoms with Gasteiger partial charge in [0.05, 0.1) is 11.9 Å². The lowest BCUT2D eigenvalue weighted by atomic mass is 10.1. The fourth-order valence-electron chi connectivity index (χ4n) is 2.88. The minimum absolute atomic E-state index is 0.0177. The lowest BCUT2D eigenvalue weighted by molar-refractivity contribution is -0.120. The van der Waals surface area contributed by atoms with Gasteiger partial charge in [-0.25, -0.2) is 4.39 Å². The summed E-state index contributed by atoms with van der Waals surface area (Å²) < 4.78 is 15.2. The number of amides is 1. The highest BCUT2D eigenvalue weighted by Gasteiger charge is 2.09. The highest BCUT2D eigenvalue weighted by atomic mass is 19.1. The van der Waals surface area contributed by atoms with E-state index in [1.165, 1.54) is 6.07 Å². The van der Waals surface area contributed by atoms with Crippen LogP contribution in [-0.2, 0) is 17.8 Å². The summed E-state index contributed by atoms with van der Waals surface area (Å²) >= 11 is 0. The smallest absolute Gasteiger partial charge is 0.254 e. The number of halogens is 1. The molecule has 0 aliphatic rings. The first-order valence-electron chi connectivity index (χ1n) is 8.15. The largest absolute Gasteiger partial charge is 0.354 e. The SMILES string of the molecule is Cc1cc2ccccc2n(CCNC(=O)Cc2ccccc2F)c1=O. The van der Waals surface area contributed by atoms with Crippen LogP contribution in [-0.4, -0.2) is 17.0 Å². The van der Waals surface area contributed by atoms with Crippen molar-refractivity contribution in [3.05, 3.63) is 81.9 Å². The van der Waals surface area contributed by atoms with Gasteiger partial charge < -0.3 is 9.88 Å². The van der Waals surface area contributed by atoms with Gasteiger partial charge in [0.15, 0.2) is 0 Å². The Morgan fingerprint density at radius 1 is 1.12 bits per heavy atom. The molecule has 0 radical (unpaired) electrons. The van der Waals surface area contributed by atoms with Gasteiger partial charge in [-0.1, -0.05) is 36.4 Å². The summed E-state index contributed by atoms with van der Waals surface area (Å²) in [6.07, 6.45) is -0.0177. The molecule has 4 nitrogen and oxygen atoms in total. The number of nitrogens with one attached hydrogen (secondary N) is 1. The number of fused-ring (bicyclic) bond motifs is 1. The number of hydrogen-bond acceptors (Lipinski definition) is 2. The molecule has 5 heteroatoms. The van der Waals surface area contributed by atoms with E-state index in [9.17, 15) is 14.0 Å². The lowest BCUT2D eigenvalue weighted by Crippen LogP contribution is -2.32. The van der Waals surface area contributed by atoms with E-state index >= 15 is 0 Å². The minimum Gasteiger partial charge on any atom is -0.354 e. The Morgan fingerprint density at radius 3 is 2.64 bits per heavy atom. The van der Waals surface area contributed by atoms with Gasteiger partial charge in [-0.15, -0.1) is 0 Å². The van der Waals surface area contributed by atoms with E-state index in [4.69, 9.17) is 0 Å². The number of rotatable bonds is 5. The molecule has 1 aromatic heterocycles. The zero-order valence-electron chi connectivity index (χ0n) is 14.0. The van der Waals surface area contributed by atoms with E-state index in [0.29, 0.717) is 24.2 Å². The number of aromatic nitrogens is 1. The highest BCUT2D eigenvalue weighted by molar-refractivity contribution is 5.80. The molecular weight excluding hydrogens is 319 g/mol. The van der Waals surface area contributed by atoms with Gasteiger partial charge >= 0.3 is 0 Å². The van der Waals surface area contributed by atoms with E-state index in [2.05, 4.69) is 5.32 Å². The highest BCUT2D eigenvalue weighted by Crippen LogP contribution is 2.12. The maximum absolute atomic E-state index is 13.6. The first-order valence-corrected chi connectivity index (χ1v) is 8.15. The third-order valence-corrected chi connectivity index (χ3v) is 4.15. The van der Waals surface area contributed by atoms with E-state index in [1.807, 2.05) is 30.3 Å². The Labute approximate surface area is 144 Å². The first-order chi connectivity index (χ1) is 12.1. The van der Waals surface area contributed by atoms with Crippen LogP contribution in [0.15, 0.2) is 59.4 Å². The van der Waals surface area contributed by atoms with Crippen molar-refractivity contribution >= 4 is 16.8 Å². The van der Waals surface area contributed by atoms with Crippen LogP contribution in [0.1, 0.15) is 11.1 Å². The number of aryl methyl sites for hydroxylation is 1. The van der Waals surface area contributed by atoms with Crippen molar-refractivity contribution in [2.45, 2.75) is 19.9 Å². The fraction of sp³-hybridized carbons (Fsp3) is 0.200. The van der Waals surface area contributed by atoms with Crippen LogP contribution in [0, 0.1) is 12.7 Å². The maximum Gasteiger partial charge on any atom is 0.254 e. The van der Waals surface area contributed by atoms with Crippen LogP contribution in [0.2, 0.25) is 0 Å². The van der Waals surface area contributed by atoms with Crippen LogP contribution in [0.5, 0.6) is 0 Å². The number of para-hydroxylation sites is 1. The van der Waals surface area contributed by atoms with Gasteiger partial charge in [0.2, 0.25) is 5.91 Å². The van der Waals surface area contributed by atoms with E-state index < -0.39 is 5.82 Å². The summed E-state index contributed by atoms with van der Waals surface area (Å²) in [5, 5.41) is 3.74. The van der Waals surface area contributed by atoms with Gasteiger partial charge in [0.1, 0.15) is 5.82 Å². The number of carbonyl (C=O) groups excluding carboxylic acids is 1. The summed E-state index contributed by atoms with van der Waals surface area (Å²) in [6.45, 7) is 2.45. The molecule has 0 aliphatic carbocycles. The summed E-state index contributed by atoms with van der Waals surface area (Å²) in [5.41, 5.74) is 1.79. The molecule has 1 N–H and O–H groups in total. The van der Waals surface area contributed by atoms with Crippen LogP contribution in [0.25, 0.3) is 10.9 Å². The van der Waals surface area contributed by atoms with Crippen LogP contribution in [0.3, 0.4) is 0 Å². The average Bonchev–Trinajstić information content (AvgIpc) is 2.60. The number of benzene rings is 2. The van der Waals surface area contributed by atoms with E-state index in [-0.39, 0.29) is 17.9 Å². The third kappa shape index (κ3) is 3.76. The molecule has 0 saturated heterocycles. The molecule has 0 aliphatic heterocycles. The lowest BCUT2D eigenvalue weighted by Gasteiger charge is -2.12. The van der Waals surface area contributed by atoms with Crippen molar-refractivity contribution in [2.75, 3.05) is 6.54 Å². The standard InChI is InChI=1S/C20H19FN2O2/c1-14-12-16-7-3-5-9-18(16)23(20(14)25)11-10-22-19(24)13-15-6-2-4-8-17(15)21/h2-9,12H,10-11,13H2,1H3,(H,22,24). The van der Waals surface area contributed by atoms with Crippen molar-refractivity contribution in [1.82, 2.24) is 9.88 Å². The molecule has 0 bridgehead atoms. The average molecular weight is 338 g/mol. The molecule has 0 saturated carbocycles. The molecule has 0 atom stereocenters. The third-order valence-electron chi connectivity index (χ3n) is 4.15. The zero-order chi connectivity index (χ0) is 17.8. The predicted molar refractivity (Wildman–Crippen MR) is 96.1 cm³/mol. The number of nitrogens with zero attached hydrogens (tertiary/aromatic N) is 1. The predicted octanol–water partition coefficient (Wildman–Crippen LogP) is 2.81. The number of pyridine rings is 1. The monoisotopic (exact) mass is 338 g/mol. The van der Waals surface area contributed by atoms with E-state index in [1.54, 1.807) is 29.7 Å². The van der Waals surface area contributed by atoms with E-state index in [0.717, 1.165) is 10.9 Å². The quantitative estimate of drug-likeness (QED) is 0.778. The molecule has 3 rings (SSSR count). The van der Waals surface area contributed by atoms with Crippen molar-refractivity contribution < 1.29 is 9.18 Å². The molecule has 1 amide bonds. The van der Waals surface area contributed by atoms with Crippen LogP contribution >= 0.6 is 0 Å². The van der Waals surface area contributed by atoms with Crippen molar-refractivity contribution in [3.8, 4) is 0 Å². The summed E-state index contributed by atoms with van der Waals surface area (Å²) in [6, 6.07) is 15.7. The van der Waals surface area contributed by atoms with Gasteiger partial charge in [0.25, 0.3) is 5.56 Å². The second-order valence-corrected chi connectivity index (χ2v) is 5.96. The molecule has 0 unspecified atom stereocenters. The Hall–Kier alpha value is -2.95.